The van der Waals surface area contributed by atoms with Crippen molar-refractivity contribution in [3.63, 3.8) is 0 Å². The molecule has 0 bridgehead atoms. The molecule has 0 fully saturated rings. The zero-order valence-corrected chi connectivity index (χ0v) is 14.9. The quantitative estimate of drug-likeness (QED) is 0.377. The fourth-order valence-electron chi connectivity index (χ4n) is 2.00. The largest absolute Gasteiger partial charge is 0.451 e. The molecule has 0 saturated carbocycles. The smallest absolute Gasteiger partial charge is 0.384 e. The molecule has 2 aromatic carbocycles. The Kier molecular flexibility index (Phi) is 7.09. The summed E-state index contributed by atoms with van der Waals surface area (Å²) in [5.74, 6) is 3.95. The van der Waals surface area contributed by atoms with E-state index in [2.05, 4.69) is 11.8 Å². The van der Waals surface area contributed by atoms with Gasteiger partial charge < -0.3 is 14.2 Å². The standard InChI is InChI=1S/C19H17NO5S/c1-20(19(22)16-9-11-17(12-10-16)26(23)24)13-5-8-18(21)25-14-15-6-3-2-4-7-15/h2-4,6-7,9-12H,13-14H2,1H3,(H,23,24). The van der Waals surface area contributed by atoms with Gasteiger partial charge in [-0.3, -0.25) is 4.79 Å². The molecule has 0 spiro atoms. The van der Waals surface area contributed by atoms with Crippen LogP contribution in [-0.2, 0) is 27.2 Å². The Morgan fingerprint density at radius 2 is 1.77 bits per heavy atom. The van der Waals surface area contributed by atoms with Gasteiger partial charge in [0.1, 0.15) is 6.61 Å². The van der Waals surface area contributed by atoms with E-state index in [0.29, 0.717) is 5.56 Å². The lowest BCUT2D eigenvalue weighted by atomic mass is 10.2. The molecule has 1 atom stereocenters. The Morgan fingerprint density at radius 1 is 1.12 bits per heavy atom. The fourth-order valence-corrected chi connectivity index (χ4v) is 2.36. The number of ether oxygens (including phenoxy) is 1. The van der Waals surface area contributed by atoms with E-state index < -0.39 is 17.0 Å². The molecule has 0 aliphatic rings. The van der Waals surface area contributed by atoms with E-state index in [1.54, 1.807) is 7.05 Å². The molecule has 0 aliphatic heterocycles. The molecule has 2 rings (SSSR count). The minimum Gasteiger partial charge on any atom is -0.451 e. The summed E-state index contributed by atoms with van der Waals surface area (Å²) in [7, 11) is 1.55. The van der Waals surface area contributed by atoms with E-state index in [1.165, 1.54) is 29.2 Å². The Labute approximate surface area is 154 Å². The number of amides is 1. The van der Waals surface area contributed by atoms with Gasteiger partial charge in [-0.25, -0.2) is 9.00 Å². The summed E-state index contributed by atoms with van der Waals surface area (Å²) in [6.45, 7) is 0.189. The molecule has 1 amide bonds. The van der Waals surface area contributed by atoms with Gasteiger partial charge in [-0.2, -0.15) is 0 Å². The second kappa shape index (κ2) is 9.51. The second-order valence-electron chi connectivity index (χ2n) is 5.30. The maximum Gasteiger partial charge on any atom is 0.384 e. The van der Waals surface area contributed by atoms with Gasteiger partial charge in [0.05, 0.1) is 11.4 Å². The highest BCUT2D eigenvalue weighted by Gasteiger charge is 2.11. The van der Waals surface area contributed by atoms with E-state index in [9.17, 15) is 13.8 Å². The van der Waals surface area contributed by atoms with Crippen LogP contribution < -0.4 is 0 Å². The summed E-state index contributed by atoms with van der Waals surface area (Å²) in [5, 5.41) is 0. The Bertz CT molecular complexity index is 853. The molecule has 6 nitrogen and oxygen atoms in total. The first-order chi connectivity index (χ1) is 12.5. The molecule has 0 radical (unpaired) electrons. The lowest BCUT2D eigenvalue weighted by molar-refractivity contribution is -0.137. The normalized spacial score (nSPS) is 11.0. The Balaban J connectivity index is 1.84. The third-order valence-corrected chi connectivity index (χ3v) is 4.04. The van der Waals surface area contributed by atoms with Gasteiger partial charge in [0.2, 0.25) is 0 Å². The van der Waals surface area contributed by atoms with Gasteiger partial charge in [0.15, 0.2) is 11.1 Å². The van der Waals surface area contributed by atoms with Crippen LogP contribution in [-0.4, -0.2) is 39.1 Å². The average molecular weight is 371 g/mol. The van der Waals surface area contributed by atoms with Crippen molar-refractivity contribution < 1.29 is 23.1 Å². The first-order valence-electron chi connectivity index (χ1n) is 7.63. The van der Waals surface area contributed by atoms with Crippen molar-refractivity contribution in [1.82, 2.24) is 4.90 Å². The molecule has 0 heterocycles. The van der Waals surface area contributed by atoms with Crippen molar-refractivity contribution in [2.24, 2.45) is 0 Å². The van der Waals surface area contributed by atoms with Crippen LogP contribution in [0.2, 0.25) is 0 Å². The molecule has 0 aromatic heterocycles. The van der Waals surface area contributed by atoms with Crippen molar-refractivity contribution in [2.45, 2.75) is 11.5 Å². The highest BCUT2D eigenvalue weighted by atomic mass is 32.2. The van der Waals surface area contributed by atoms with Gasteiger partial charge in [-0.1, -0.05) is 36.3 Å². The number of hydrogen-bond acceptors (Lipinski definition) is 4. The number of carbonyl (C=O) groups is 2. The summed E-state index contributed by atoms with van der Waals surface area (Å²) < 4.78 is 24.9. The molecule has 2 aromatic rings. The number of benzene rings is 2. The van der Waals surface area contributed by atoms with E-state index in [4.69, 9.17) is 9.29 Å². The summed E-state index contributed by atoms with van der Waals surface area (Å²) in [4.78, 5) is 25.4. The molecule has 0 aliphatic carbocycles. The topological polar surface area (TPSA) is 83.9 Å². The van der Waals surface area contributed by atoms with Gasteiger partial charge in [-0.15, -0.1) is 0 Å². The van der Waals surface area contributed by atoms with Crippen molar-refractivity contribution >= 4 is 23.0 Å². The van der Waals surface area contributed by atoms with Crippen molar-refractivity contribution in [1.29, 1.82) is 0 Å². The fraction of sp³-hybridized carbons (Fsp3) is 0.158. The summed E-state index contributed by atoms with van der Waals surface area (Å²) >= 11 is -2.09. The van der Waals surface area contributed by atoms with Crippen LogP contribution in [0.5, 0.6) is 0 Å². The van der Waals surface area contributed by atoms with Crippen LogP contribution in [0.25, 0.3) is 0 Å². The molecule has 1 unspecified atom stereocenters. The zero-order valence-electron chi connectivity index (χ0n) is 14.0. The second-order valence-corrected chi connectivity index (χ2v) is 6.27. The number of nitrogens with zero attached hydrogens (tertiary/aromatic N) is 1. The molecule has 134 valence electrons. The number of esters is 1. The molecular weight excluding hydrogens is 354 g/mol. The van der Waals surface area contributed by atoms with Crippen LogP contribution >= 0.6 is 0 Å². The van der Waals surface area contributed by atoms with Crippen LogP contribution in [0.1, 0.15) is 15.9 Å². The van der Waals surface area contributed by atoms with Gasteiger partial charge in [-0.05, 0) is 29.8 Å². The van der Waals surface area contributed by atoms with Gasteiger partial charge in [0.25, 0.3) is 5.91 Å². The third-order valence-electron chi connectivity index (χ3n) is 3.37. The predicted octanol–water partition coefficient (Wildman–Crippen LogP) is 2.09. The van der Waals surface area contributed by atoms with Crippen molar-refractivity contribution in [3.8, 4) is 11.8 Å². The minimum atomic E-state index is -2.09. The monoisotopic (exact) mass is 371 g/mol. The summed E-state index contributed by atoms with van der Waals surface area (Å²) in [6.07, 6.45) is 0. The highest BCUT2D eigenvalue weighted by molar-refractivity contribution is 7.79. The van der Waals surface area contributed by atoms with Crippen LogP contribution in [0.3, 0.4) is 0 Å². The van der Waals surface area contributed by atoms with E-state index in [1.807, 2.05) is 30.3 Å². The highest BCUT2D eigenvalue weighted by Crippen LogP contribution is 2.09. The lowest BCUT2D eigenvalue weighted by Crippen LogP contribution is -2.27. The average Bonchev–Trinajstić information content (AvgIpc) is 2.66. The van der Waals surface area contributed by atoms with Crippen LogP contribution in [0, 0.1) is 11.8 Å². The maximum atomic E-state index is 12.2. The SMILES string of the molecule is CN(CC#CC(=O)OCc1ccccc1)C(=O)c1ccc(S(=O)O)cc1. The van der Waals surface area contributed by atoms with Crippen molar-refractivity contribution in [2.75, 3.05) is 13.6 Å². The molecule has 0 saturated heterocycles. The van der Waals surface area contributed by atoms with Crippen molar-refractivity contribution in [3.05, 3.63) is 65.7 Å². The summed E-state index contributed by atoms with van der Waals surface area (Å²) in [6, 6.07) is 15.0. The Hall–Kier alpha value is -2.95. The number of rotatable bonds is 5. The van der Waals surface area contributed by atoms with E-state index >= 15 is 0 Å². The summed E-state index contributed by atoms with van der Waals surface area (Å²) in [5.41, 5.74) is 1.22. The van der Waals surface area contributed by atoms with Crippen LogP contribution in [0.15, 0.2) is 59.5 Å². The first kappa shape index (κ1) is 19.4. The van der Waals surface area contributed by atoms with E-state index in [0.717, 1.165) is 5.56 Å². The molecule has 26 heavy (non-hydrogen) atoms. The molecular formula is C19H17NO5S. The Morgan fingerprint density at radius 3 is 2.38 bits per heavy atom. The third kappa shape index (κ3) is 5.84. The molecule has 1 N–H and O–H groups in total. The predicted molar refractivity (Wildman–Crippen MR) is 96.5 cm³/mol. The number of carbonyl (C=O) groups excluding carboxylic acids is 2. The number of hydrogen-bond donors (Lipinski definition) is 1. The van der Waals surface area contributed by atoms with Gasteiger partial charge >= 0.3 is 5.97 Å². The van der Waals surface area contributed by atoms with Gasteiger partial charge in [0, 0.05) is 18.5 Å². The molecule has 7 heteroatoms. The van der Waals surface area contributed by atoms with E-state index in [-0.39, 0.29) is 24.0 Å². The zero-order chi connectivity index (χ0) is 18.9. The lowest BCUT2D eigenvalue weighted by Gasteiger charge is -2.13. The maximum absolute atomic E-state index is 12.2. The van der Waals surface area contributed by atoms with Crippen LogP contribution in [0.4, 0.5) is 0 Å². The first-order valence-corrected chi connectivity index (χ1v) is 8.74. The minimum absolute atomic E-state index is 0.0486.